The van der Waals surface area contributed by atoms with Crippen LogP contribution in [0.25, 0.3) is 55.5 Å². The van der Waals surface area contributed by atoms with E-state index in [1.165, 1.54) is 37.6 Å². The molecule has 0 fully saturated rings. The molecule has 3 aromatic heterocycles. The average Bonchev–Trinajstić information content (AvgIpc) is 3.82. The Hall–Kier alpha value is -6.13. The molecule has 0 aliphatic heterocycles. The van der Waals surface area contributed by atoms with Gasteiger partial charge in [0.15, 0.2) is 17.4 Å². The van der Waals surface area contributed by atoms with Gasteiger partial charge < -0.3 is 4.57 Å². The van der Waals surface area contributed by atoms with Gasteiger partial charge in [-0.25, -0.2) is 14.1 Å². The molecule has 0 amide bonds. The zero-order chi connectivity index (χ0) is 39.4. The van der Waals surface area contributed by atoms with Gasteiger partial charge in [0, 0.05) is 50.6 Å². The van der Waals surface area contributed by atoms with Crippen LogP contribution in [0.15, 0.2) is 188 Å². The first kappa shape index (κ1) is 38.4. The molecule has 0 aliphatic rings. The van der Waals surface area contributed by atoms with Crippen LogP contribution in [0.2, 0.25) is 0 Å². The summed E-state index contributed by atoms with van der Waals surface area (Å²) in [6.45, 7) is 8.94. The maximum Gasteiger partial charge on any atom is 0.188 e. The maximum absolute atomic E-state index is 5.04. The number of hydrogen-bond donors (Lipinski definition) is 0. The van der Waals surface area contributed by atoms with E-state index in [1.54, 1.807) is 0 Å². The van der Waals surface area contributed by atoms with Gasteiger partial charge in [0.2, 0.25) is 0 Å². The Labute approximate surface area is 361 Å². The Balaban J connectivity index is 0.00000449. The molecule has 4 nitrogen and oxygen atoms in total. The van der Waals surface area contributed by atoms with Gasteiger partial charge in [0.25, 0.3) is 0 Å². The predicted molar refractivity (Wildman–Crippen MR) is 244 cm³/mol. The minimum atomic E-state index is -3.09. The van der Waals surface area contributed by atoms with Gasteiger partial charge in [-0.05, 0) is 90.5 Å². The van der Waals surface area contributed by atoms with Gasteiger partial charge >= 0.3 is 0 Å². The van der Waals surface area contributed by atoms with Gasteiger partial charge in [-0.2, -0.15) is 35.5 Å². The van der Waals surface area contributed by atoms with E-state index in [1.807, 2.05) is 6.20 Å². The number of aryl methyl sites for hydroxylation is 1. The number of fused-ring (bicyclic) bond motifs is 4. The zero-order valence-electron chi connectivity index (χ0n) is 33.5. The molecule has 0 saturated carbocycles. The number of hydrogen-bond acceptors (Lipinski definition) is 1. The van der Waals surface area contributed by atoms with Crippen LogP contribution in [0.3, 0.4) is 0 Å². The van der Waals surface area contributed by atoms with Crippen LogP contribution in [0.1, 0.15) is 26.3 Å². The fourth-order valence-electron chi connectivity index (χ4n) is 8.92. The zero-order valence-corrected chi connectivity index (χ0v) is 36.8. The molecule has 0 N–H and O–H groups in total. The van der Waals surface area contributed by atoms with Crippen LogP contribution in [0.4, 0.5) is 0 Å². The van der Waals surface area contributed by atoms with E-state index in [2.05, 4.69) is 236 Å². The summed E-state index contributed by atoms with van der Waals surface area (Å²) in [5.74, 6) is 0.868. The van der Waals surface area contributed by atoms with Crippen LogP contribution in [0.5, 0.6) is 0 Å². The minimum absolute atomic E-state index is 0. The molecule has 0 saturated heterocycles. The fourth-order valence-corrected chi connectivity index (χ4v) is 13.5. The number of benzene rings is 7. The second kappa shape index (κ2) is 15.2. The second-order valence-corrected chi connectivity index (χ2v) is 19.9. The molecule has 290 valence electrons. The van der Waals surface area contributed by atoms with E-state index >= 15 is 0 Å². The van der Waals surface area contributed by atoms with Crippen LogP contribution in [-0.2, 0) is 26.6 Å². The van der Waals surface area contributed by atoms with Crippen molar-refractivity contribution in [2.45, 2.75) is 33.2 Å². The molecule has 0 atom stereocenters. The summed E-state index contributed by atoms with van der Waals surface area (Å²) in [6.07, 6.45) is 4.17. The van der Waals surface area contributed by atoms with E-state index in [9.17, 15) is 0 Å². The average molecular weight is 959 g/mol. The molecule has 7 aromatic carbocycles. The predicted octanol–water partition coefficient (Wildman–Crippen LogP) is 9.91. The van der Waals surface area contributed by atoms with Gasteiger partial charge in [-0.15, -0.1) is 22.7 Å². The first-order valence-electron chi connectivity index (χ1n) is 20.0. The van der Waals surface area contributed by atoms with Gasteiger partial charge in [-0.1, -0.05) is 109 Å². The van der Waals surface area contributed by atoms with Crippen molar-refractivity contribution in [3.05, 3.63) is 206 Å². The maximum atomic E-state index is 5.04. The van der Waals surface area contributed by atoms with Crippen molar-refractivity contribution < 1.29 is 21.1 Å². The Kier molecular flexibility index (Phi) is 9.91. The van der Waals surface area contributed by atoms with Crippen LogP contribution in [0, 0.1) is 19.1 Å². The summed E-state index contributed by atoms with van der Waals surface area (Å²) >= 11 is 0. The Bertz CT molecular complexity index is 3080. The van der Waals surface area contributed by atoms with Crippen molar-refractivity contribution in [2.24, 2.45) is 0 Å². The Morgan fingerprint density at radius 3 is 1.92 bits per heavy atom. The topological polar surface area (TPSA) is 27.7 Å². The monoisotopic (exact) mass is 958 g/mol. The Morgan fingerprint density at radius 1 is 0.576 bits per heavy atom. The van der Waals surface area contributed by atoms with Crippen molar-refractivity contribution in [3.8, 4) is 22.6 Å². The molecule has 0 radical (unpaired) electrons. The van der Waals surface area contributed by atoms with Gasteiger partial charge in [0.05, 0.1) is 5.54 Å². The third-order valence-electron chi connectivity index (χ3n) is 11.6. The number of imidazole rings is 1. The van der Waals surface area contributed by atoms with E-state index in [0.717, 1.165) is 44.2 Å². The first-order chi connectivity index (χ1) is 28.3. The summed E-state index contributed by atoms with van der Waals surface area (Å²) in [4.78, 5) is 5.04. The van der Waals surface area contributed by atoms with Crippen LogP contribution < -0.4 is 20.7 Å². The number of rotatable bonds is 7. The number of nitrogens with zero attached hydrogens (tertiary/aromatic N) is 4. The molecule has 6 heteroatoms. The quantitative estimate of drug-likeness (QED) is 0.0889. The molecular formula is C53H43N4PtSi-. The van der Waals surface area contributed by atoms with Gasteiger partial charge in [-0.3, -0.25) is 0 Å². The molecule has 10 rings (SSSR count). The molecule has 0 aliphatic carbocycles. The first-order valence-corrected chi connectivity index (χ1v) is 22.0. The summed E-state index contributed by atoms with van der Waals surface area (Å²) in [5, 5.41) is 7.20. The second-order valence-electron chi connectivity index (χ2n) is 16.2. The van der Waals surface area contributed by atoms with E-state index in [0.29, 0.717) is 0 Å². The van der Waals surface area contributed by atoms with Crippen molar-refractivity contribution in [1.29, 1.82) is 0 Å². The summed E-state index contributed by atoms with van der Waals surface area (Å²) in [7, 11) is -3.09. The molecular weight excluding hydrogens is 916 g/mol. The molecule has 0 bridgehead atoms. The number of para-hydroxylation sites is 3. The molecule has 0 spiro atoms. The fraction of sp³-hybridized carbons (Fsp3) is 0.0943. The normalized spacial score (nSPS) is 11.9. The summed E-state index contributed by atoms with van der Waals surface area (Å²) in [5.41, 5.74) is 8.93. The van der Waals surface area contributed by atoms with Crippen molar-refractivity contribution in [1.82, 2.24) is 18.7 Å². The summed E-state index contributed by atoms with van der Waals surface area (Å²) < 4.78 is 6.98. The molecule has 59 heavy (non-hydrogen) atoms. The Morgan fingerprint density at radius 2 is 1.20 bits per heavy atom. The van der Waals surface area contributed by atoms with Gasteiger partial charge in [0.1, 0.15) is 13.9 Å². The SMILES string of the molecule is Cc1ccccc1-c1ccnc(-n2c3[c-]c([Si](c4[c-]c(-n5[cH+]n(C(C)(C)C)c6ccccc65)ccc4)(c4ccccc4)c4ccccc4)ccc3c3ccccc32)c1.[Pt]. The standard InChI is InChI=1S/C53H43N4Si.Pt/c1-38-18-11-12-25-45(38)39-32-33-54-52(34-39)57-48-27-14-13-26-46(48)47-31-30-44(36-51(47)57)58(41-20-7-5-8-21-41,42-22-9-6-10-23-42)43-24-17-19-40(35-43)55-37-56(53(2,3)4)50-29-16-15-28-49(50)55;/h5-34,37H,1-4H3;/q-1;. The number of pyridine rings is 1. The smallest absolute Gasteiger partial charge is 0.188 e. The van der Waals surface area contributed by atoms with Crippen molar-refractivity contribution >= 4 is 61.7 Å². The van der Waals surface area contributed by atoms with Crippen LogP contribution >= 0.6 is 0 Å². The van der Waals surface area contributed by atoms with E-state index in [4.69, 9.17) is 4.98 Å². The minimum Gasteiger partial charge on any atom is -0.319 e. The van der Waals surface area contributed by atoms with Crippen molar-refractivity contribution in [2.75, 3.05) is 0 Å². The van der Waals surface area contributed by atoms with E-state index < -0.39 is 8.07 Å². The third-order valence-corrected chi connectivity index (χ3v) is 16.2. The molecule has 3 heterocycles. The largest absolute Gasteiger partial charge is 0.319 e. The van der Waals surface area contributed by atoms with E-state index in [-0.39, 0.29) is 26.6 Å². The van der Waals surface area contributed by atoms with Crippen molar-refractivity contribution in [3.63, 3.8) is 0 Å². The molecule has 10 aromatic rings. The third kappa shape index (κ3) is 6.41. The number of aromatic nitrogens is 4. The van der Waals surface area contributed by atoms with Crippen LogP contribution in [-0.4, -0.2) is 26.8 Å². The molecule has 0 unspecified atom stereocenters. The summed E-state index contributed by atoms with van der Waals surface area (Å²) in [6, 6.07) is 71.9.